The molecule has 1 aromatic heterocycles. The van der Waals surface area contributed by atoms with E-state index >= 15 is 0 Å². The Hall–Kier alpha value is -3.99. The molecule has 6 nitrogen and oxygen atoms in total. The topological polar surface area (TPSA) is 79.9 Å². The largest absolute Gasteiger partial charge is 0.435 e. The number of ether oxygens (including phenoxy) is 1. The lowest BCUT2D eigenvalue weighted by molar-refractivity contribution is -0.112. The van der Waals surface area contributed by atoms with Crippen LogP contribution in [-0.2, 0) is 4.79 Å². The Morgan fingerprint density at radius 1 is 1.21 bits per heavy atom. The van der Waals surface area contributed by atoms with Crippen LogP contribution < -0.4 is 10.1 Å². The number of alkyl halides is 2. The maximum absolute atomic E-state index is 12.6. The lowest BCUT2D eigenvalue weighted by atomic mass is 10.1. The molecule has 1 N–H and O–H groups in total. The van der Waals surface area contributed by atoms with Gasteiger partial charge in [0.2, 0.25) is 0 Å². The lowest BCUT2D eigenvalue weighted by Crippen LogP contribution is -2.16. The fourth-order valence-corrected chi connectivity index (χ4v) is 2.60. The summed E-state index contributed by atoms with van der Waals surface area (Å²) in [6, 6.07) is 18.4. The first-order chi connectivity index (χ1) is 14.0. The van der Waals surface area contributed by atoms with Crippen molar-refractivity contribution in [1.29, 1.82) is 5.26 Å². The van der Waals surface area contributed by atoms with Crippen molar-refractivity contribution in [2.45, 2.75) is 13.5 Å². The summed E-state index contributed by atoms with van der Waals surface area (Å²) in [5, 5.41) is 16.4. The summed E-state index contributed by atoms with van der Waals surface area (Å²) in [6.07, 6.45) is 1.36. The standard InChI is InChI=1S/C21H16F2N4O2/c1-14-11-19(27(26-14)17-5-3-2-4-6-17)25-20(28)16(13-24)12-15-7-9-18(10-8-15)29-21(22)23/h2-12,21H,1H3,(H,25,28). The Bertz CT molecular complexity index is 1070. The average molecular weight is 394 g/mol. The van der Waals surface area contributed by atoms with Crippen LogP contribution in [0.5, 0.6) is 5.75 Å². The normalized spacial score (nSPS) is 11.2. The number of halogens is 2. The van der Waals surface area contributed by atoms with Crippen molar-refractivity contribution in [3.63, 3.8) is 0 Å². The van der Waals surface area contributed by atoms with Gasteiger partial charge in [-0.15, -0.1) is 0 Å². The number of hydrogen-bond acceptors (Lipinski definition) is 4. The predicted octanol–water partition coefficient (Wildman–Crippen LogP) is 4.33. The Kier molecular flexibility index (Phi) is 6.00. The number of rotatable bonds is 6. The molecule has 0 spiro atoms. The fourth-order valence-electron chi connectivity index (χ4n) is 2.60. The van der Waals surface area contributed by atoms with E-state index in [9.17, 15) is 18.8 Å². The molecule has 0 radical (unpaired) electrons. The highest BCUT2D eigenvalue weighted by Crippen LogP contribution is 2.19. The summed E-state index contributed by atoms with van der Waals surface area (Å²) in [7, 11) is 0. The van der Waals surface area contributed by atoms with E-state index in [0.717, 1.165) is 5.69 Å². The number of aromatic nitrogens is 2. The minimum atomic E-state index is -2.92. The van der Waals surface area contributed by atoms with E-state index in [4.69, 9.17) is 0 Å². The van der Waals surface area contributed by atoms with Crippen molar-refractivity contribution in [3.05, 3.63) is 77.5 Å². The monoisotopic (exact) mass is 394 g/mol. The Morgan fingerprint density at radius 2 is 1.90 bits per heavy atom. The molecule has 2 aromatic carbocycles. The third-order valence-corrected chi connectivity index (χ3v) is 3.86. The van der Waals surface area contributed by atoms with E-state index < -0.39 is 12.5 Å². The minimum absolute atomic E-state index is 0.0117. The number of amides is 1. The summed E-state index contributed by atoms with van der Waals surface area (Å²) >= 11 is 0. The number of nitriles is 1. The molecule has 1 heterocycles. The zero-order chi connectivity index (χ0) is 20.8. The smallest absolute Gasteiger partial charge is 0.387 e. The van der Waals surface area contributed by atoms with E-state index in [1.807, 2.05) is 36.4 Å². The molecule has 0 aliphatic rings. The maximum Gasteiger partial charge on any atom is 0.387 e. The van der Waals surface area contributed by atoms with Gasteiger partial charge in [0.25, 0.3) is 5.91 Å². The number of hydrogen-bond donors (Lipinski definition) is 1. The molecule has 0 saturated heterocycles. The van der Waals surface area contributed by atoms with Gasteiger partial charge in [0.1, 0.15) is 23.2 Å². The van der Waals surface area contributed by atoms with Gasteiger partial charge in [-0.2, -0.15) is 19.1 Å². The molecule has 0 unspecified atom stereocenters. The van der Waals surface area contributed by atoms with Gasteiger partial charge >= 0.3 is 6.61 Å². The second-order valence-electron chi connectivity index (χ2n) is 5.99. The van der Waals surface area contributed by atoms with E-state index in [0.29, 0.717) is 17.1 Å². The fraction of sp³-hybridized carbons (Fsp3) is 0.0952. The number of carbonyl (C=O) groups is 1. The van der Waals surface area contributed by atoms with E-state index in [1.54, 1.807) is 17.7 Å². The van der Waals surface area contributed by atoms with Crippen LogP contribution in [-0.4, -0.2) is 22.3 Å². The van der Waals surface area contributed by atoms with E-state index in [1.165, 1.54) is 30.3 Å². The number of benzene rings is 2. The molecule has 0 aliphatic heterocycles. The van der Waals surface area contributed by atoms with Crippen LogP contribution in [0.4, 0.5) is 14.6 Å². The van der Waals surface area contributed by atoms with Gasteiger partial charge in [0, 0.05) is 6.07 Å². The van der Waals surface area contributed by atoms with Crippen molar-refractivity contribution in [2.75, 3.05) is 5.32 Å². The predicted molar refractivity (Wildman–Crippen MR) is 104 cm³/mol. The third-order valence-electron chi connectivity index (χ3n) is 3.86. The molecule has 8 heteroatoms. The van der Waals surface area contributed by atoms with Crippen molar-refractivity contribution < 1.29 is 18.3 Å². The zero-order valence-corrected chi connectivity index (χ0v) is 15.3. The van der Waals surface area contributed by atoms with E-state index in [-0.39, 0.29) is 11.3 Å². The lowest BCUT2D eigenvalue weighted by Gasteiger charge is -2.08. The molecule has 0 atom stereocenters. The van der Waals surface area contributed by atoms with Gasteiger partial charge in [-0.05, 0) is 42.8 Å². The van der Waals surface area contributed by atoms with Crippen LogP contribution in [0.2, 0.25) is 0 Å². The third kappa shape index (κ3) is 5.05. The average Bonchev–Trinajstić information content (AvgIpc) is 3.07. The first-order valence-electron chi connectivity index (χ1n) is 8.56. The number of nitrogens with zero attached hydrogens (tertiary/aromatic N) is 3. The van der Waals surface area contributed by atoms with Gasteiger partial charge < -0.3 is 10.1 Å². The highest BCUT2D eigenvalue weighted by atomic mass is 19.3. The SMILES string of the molecule is Cc1cc(NC(=O)C(C#N)=Cc2ccc(OC(F)F)cc2)n(-c2ccccc2)n1. The maximum atomic E-state index is 12.6. The molecular formula is C21H16F2N4O2. The van der Waals surface area contributed by atoms with Crippen molar-refractivity contribution in [2.24, 2.45) is 0 Å². The molecule has 1 amide bonds. The molecule has 3 aromatic rings. The molecule has 0 aliphatic carbocycles. The molecule has 146 valence electrons. The molecule has 29 heavy (non-hydrogen) atoms. The van der Waals surface area contributed by atoms with Gasteiger partial charge in [-0.25, -0.2) is 4.68 Å². The van der Waals surface area contributed by atoms with Crippen LogP contribution in [0.1, 0.15) is 11.3 Å². The Morgan fingerprint density at radius 3 is 2.52 bits per heavy atom. The van der Waals surface area contributed by atoms with Gasteiger partial charge in [-0.1, -0.05) is 30.3 Å². The first kappa shape index (κ1) is 19.8. The first-order valence-corrected chi connectivity index (χ1v) is 8.56. The number of para-hydroxylation sites is 1. The van der Waals surface area contributed by atoms with Crippen LogP contribution in [0.15, 0.2) is 66.2 Å². The summed E-state index contributed by atoms with van der Waals surface area (Å²) in [5.74, 6) is -0.208. The van der Waals surface area contributed by atoms with Crippen molar-refractivity contribution in [1.82, 2.24) is 9.78 Å². The number of carbonyl (C=O) groups excluding carboxylic acids is 1. The summed E-state index contributed by atoms with van der Waals surface area (Å²) in [6.45, 7) is -1.13. The van der Waals surface area contributed by atoms with E-state index in [2.05, 4.69) is 15.2 Å². The summed E-state index contributed by atoms with van der Waals surface area (Å²) in [5.41, 5.74) is 1.80. The number of anilines is 1. The Balaban J connectivity index is 1.81. The highest BCUT2D eigenvalue weighted by Gasteiger charge is 2.14. The van der Waals surface area contributed by atoms with Crippen LogP contribution in [0.3, 0.4) is 0 Å². The molecule has 0 fully saturated rings. The summed E-state index contributed by atoms with van der Waals surface area (Å²) in [4.78, 5) is 12.6. The Labute approximate surface area is 165 Å². The van der Waals surface area contributed by atoms with Gasteiger partial charge in [0.05, 0.1) is 11.4 Å². The second kappa shape index (κ2) is 8.80. The van der Waals surface area contributed by atoms with Crippen LogP contribution in [0.25, 0.3) is 11.8 Å². The zero-order valence-electron chi connectivity index (χ0n) is 15.3. The van der Waals surface area contributed by atoms with Gasteiger partial charge in [0.15, 0.2) is 0 Å². The summed E-state index contributed by atoms with van der Waals surface area (Å²) < 4.78 is 30.3. The highest BCUT2D eigenvalue weighted by molar-refractivity contribution is 6.09. The molecule has 3 rings (SSSR count). The second-order valence-corrected chi connectivity index (χ2v) is 5.99. The van der Waals surface area contributed by atoms with Crippen LogP contribution in [0, 0.1) is 18.3 Å². The quantitative estimate of drug-likeness (QED) is 0.499. The van der Waals surface area contributed by atoms with Gasteiger partial charge in [-0.3, -0.25) is 4.79 Å². The molecular weight excluding hydrogens is 378 g/mol. The van der Waals surface area contributed by atoms with Crippen LogP contribution >= 0.6 is 0 Å². The van der Waals surface area contributed by atoms with Crippen molar-refractivity contribution in [3.8, 4) is 17.5 Å². The number of aryl methyl sites for hydroxylation is 1. The molecule has 0 saturated carbocycles. The molecule has 0 bridgehead atoms. The minimum Gasteiger partial charge on any atom is -0.435 e. The number of nitrogens with one attached hydrogen (secondary N) is 1. The van der Waals surface area contributed by atoms with Crippen molar-refractivity contribution >= 4 is 17.8 Å².